The molecule has 4 heteroatoms. The number of hydrogen-bond acceptors (Lipinski definition) is 3. The summed E-state index contributed by atoms with van der Waals surface area (Å²) in [6.45, 7) is 0. The highest BCUT2D eigenvalue weighted by molar-refractivity contribution is 7.16. The zero-order chi connectivity index (χ0) is 14.0. The van der Waals surface area contributed by atoms with E-state index in [4.69, 9.17) is 11.6 Å². The Balaban J connectivity index is 1.47. The number of halogens is 1. The summed E-state index contributed by atoms with van der Waals surface area (Å²) in [6, 6.07) is 4.70. The molecule has 5 rings (SSSR count). The molecule has 3 fully saturated rings. The van der Waals surface area contributed by atoms with Crippen molar-refractivity contribution in [1.29, 1.82) is 0 Å². The zero-order valence-electron chi connectivity index (χ0n) is 11.9. The molecule has 0 aliphatic heterocycles. The number of hydrogen-bond donors (Lipinski definition) is 1. The summed E-state index contributed by atoms with van der Waals surface area (Å²) in [5, 5.41) is 4.61. The average Bonchev–Trinajstić information content (AvgIpc) is 3.22. The lowest BCUT2D eigenvalue weighted by molar-refractivity contribution is 0.243. The SMILES string of the molecule is Clc1ccc2scnc2c1NC1CC2CC1C1CCCC21. The molecule has 21 heavy (non-hydrogen) atoms. The number of anilines is 1. The Hall–Kier alpha value is -0.800. The molecule has 0 radical (unpaired) electrons. The average molecular weight is 319 g/mol. The van der Waals surface area contributed by atoms with E-state index in [1.807, 2.05) is 11.6 Å². The van der Waals surface area contributed by atoms with E-state index in [0.29, 0.717) is 6.04 Å². The number of rotatable bonds is 2. The van der Waals surface area contributed by atoms with Crippen LogP contribution >= 0.6 is 22.9 Å². The van der Waals surface area contributed by atoms with Gasteiger partial charge in [-0.1, -0.05) is 18.0 Å². The molecule has 5 unspecified atom stereocenters. The van der Waals surface area contributed by atoms with E-state index in [1.54, 1.807) is 11.3 Å². The minimum absolute atomic E-state index is 0.610. The Morgan fingerprint density at radius 1 is 1.14 bits per heavy atom. The molecule has 0 spiro atoms. The van der Waals surface area contributed by atoms with Crippen molar-refractivity contribution < 1.29 is 0 Å². The monoisotopic (exact) mass is 318 g/mol. The van der Waals surface area contributed by atoms with Crippen molar-refractivity contribution in [2.45, 2.75) is 38.1 Å². The first-order valence-electron chi connectivity index (χ1n) is 8.09. The van der Waals surface area contributed by atoms with Gasteiger partial charge in [-0.3, -0.25) is 0 Å². The topological polar surface area (TPSA) is 24.9 Å². The largest absolute Gasteiger partial charge is 0.379 e. The number of nitrogens with zero attached hydrogens (tertiary/aromatic N) is 1. The van der Waals surface area contributed by atoms with Gasteiger partial charge in [-0.15, -0.1) is 11.3 Å². The van der Waals surface area contributed by atoms with E-state index < -0.39 is 0 Å². The van der Waals surface area contributed by atoms with Crippen molar-refractivity contribution in [2.24, 2.45) is 23.7 Å². The van der Waals surface area contributed by atoms with Gasteiger partial charge in [-0.05, 0) is 61.5 Å². The molecule has 3 aliphatic carbocycles. The van der Waals surface area contributed by atoms with Gasteiger partial charge in [0.05, 0.1) is 20.9 Å². The maximum absolute atomic E-state index is 6.45. The Labute approximate surface area is 133 Å². The standard InChI is InChI=1S/C17H19ClN2S/c18-13-4-5-15-17(19-8-21-15)16(13)20-14-7-9-6-12(14)11-3-1-2-10(9)11/h4-5,8-12,14,20H,1-3,6-7H2. The van der Waals surface area contributed by atoms with Crippen molar-refractivity contribution in [3.05, 3.63) is 22.7 Å². The number of thiazole rings is 1. The fraction of sp³-hybridized carbons (Fsp3) is 0.588. The van der Waals surface area contributed by atoms with Crippen LogP contribution in [0.2, 0.25) is 5.02 Å². The number of aromatic nitrogens is 1. The normalized spacial score (nSPS) is 37.3. The van der Waals surface area contributed by atoms with Crippen LogP contribution in [0.4, 0.5) is 5.69 Å². The van der Waals surface area contributed by atoms with Gasteiger partial charge in [0, 0.05) is 6.04 Å². The number of benzene rings is 1. The molecule has 2 aromatic rings. The van der Waals surface area contributed by atoms with Gasteiger partial charge in [-0.2, -0.15) is 0 Å². The molecule has 5 atom stereocenters. The third-order valence-corrected chi connectivity index (χ3v) is 7.32. The van der Waals surface area contributed by atoms with Gasteiger partial charge >= 0.3 is 0 Å². The van der Waals surface area contributed by atoms with Gasteiger partial charge in [0.2, 0.25) is 0 Å². The molecule has 1 aromatic carbocycles. The van der Waals surface area contributed by atoms with Crippen LogP contribution in [0.25, 0.3) is 10.2 Å². The van der Waals surface area contributed by atoms with Crippen LogP contribution in [0.3, 0.4) is 0 Å². The lowest BCUT2D eigenvalue weighted by atomic mass is 9.79. The molecule has 110 valence electrons. The van der Waals surface area contributed by atoms with Crippen LogP contribution in [0, 0.1) is 23.7 Å². The van der Waals surface area contributed by atoms with Gasteiger partial charge in [0.25, 0.3) is 0 Å². The molecule has 3 aliphatic rings. The molecule has 1 aromatic heterocycles. The molecular weight excluding hydrogens is 300 g/mol. The molecule has 0 saturated heterocycles. The van der Waals surface area contributed by atoms with Gasteiger partial charge in [-0.25, -0.2) is 4.98 Å². The quantitative estimate of drug-likeness (QED) is 0.824. The predicted molar refractivity (Wildman–Crippen MR) is 89.1 cm³/mol. The van der Waals surface area contributed by atoms with E-state index in [1.165, 1.54) is 36.8 Å². The fourth-order valence-corrected chi connectivity index (χ4v) is 6.36. The van der Waals surface area contributed by atoms with Crippen LogP contribution in [-0.4, -0.2) is 11.0 Å². The summed E-state index contributed by atoms with van der Waals surface area (Å²) in [5.74, 6) is 3.86. The molecule has 0 amide bonds. The Morgan fingerprint density at radius 3 is 3.00 bits per heavy atom. The van der Waals surface area contributed by atoms with E-state index >= 15 is 0 Å². The van der Waals surface area contributed by atoms with Crippen LogP contribution in [0.1, 0.15) is 32.1 Å². The summed E-state index contributed by atoms with van der Waals surface area (Å²) in [7, 11) is 0. The van der Waals surface area contributed by atoms with E-state index in [-0.39, 0.29) is 0 Å². The van der Waals surface area contributed by atoms with Crippen LogP contribution in [0.5, 0.6) is 0 Å². The third-order valence-electron chi connectivity index (χ3n) is 6.21. The minimum atomic E-state index is 0.610. The second kappa shape index (κ2) is 4.60. The summed E-state index contributed by atoms with van der Waals surface area (Å²) >= 11 is 8.14. The lowest BCUT2D eigenvalue weighted by Crippen LogP contribution is -2.34. The molecular formula is C17H19ClN2S. The van der Waals surface area contributed by atoms with Crippen LogP contribution in [0.15, 0.2) is 17.6 Å². The molecule has 2 nitrogen and oxygen atoms in total. The van der Waals surface area contributed by atoms with E-state index in [9.17, 15) is 0 Å². The Morgan fingerprint density at radius 2 is 2.05 bits per heavy atom. The second-order valence-corrected chi connectivity index (χ2v) is 8.32. The molecule has 3 saturated carbocycles. The molecule has 1 N–H and O–H groups in total. The first kappa shape index (κ1) is 12.7. The van der Waals surface area contributed by atoms with Crippen molar-refractivity contribution in [2.75, 3.05) is 5.32 Å². The first-order chi connectivity index (χ1) is 10.3. The lowest BCUT2D eigenvalue weighted by Gasteiger charge is -2.33. The first-order valence-corrected chi connectivity index (χ1v) is 9.35. The van der Waals surface area contributed by atoms with Crippen molar-refractivity contribution >= 4 is 38.8 Å². The predicted octanol–water partition coefficient (Wildman–Crippen LogP) is 5.19. The third kappa shape index (κ3) is 1.80. The Bertz CT molecular complexity index is 697. The van der Waals surface area contributed by atoms with Crippen molar-refractivity contribution in [3.63, 3.8) is 0 Å². The van der Waals surface area contributed by atoms with Gasteiger partial charge in [0.15, 0.2) is 0 Å². The molecule has 1 heterocycles. The highest BCUT2D eigenvalue weighted by Crippen LogP contribution is 2.59. The minimum Gasteiger partial charge on any atom is -0.379 e. The summed E-state index contributed by atoms with van der Waals surface area (Å²) in [5.41, 5.74) is 4.04. The Kier molecular flexibility index (Phi) is 2.78. The van der Waals surface area contributed by atoms with Gasteiger partial charge < -0.3 is 5.32 Å². The van der Waals surface area contributed by atoms with E-state index in [0.717, 1.165) is 39.9 Å². The van der Waals surface area contributed by atoms with Crippen molar-refractivity contribution in [3.8, 4) is 0 Å². The van der Waals surface area contributed by atoms with Crippen LogP contribution in [-0.2, 0) is 0 Å². The highest BCUT2D eigenvalue weighted by atomic mass is 35.5. The summed E-state index contributed by atoms with van der Waals surface area (Å²) in [6.07, 6.45) is 7.18. The smallest absolute Gasteiger partial charge is 0.106 e. The number of fused-ring (bicyclic) bond motifs is 6. The fourth-order valence-electron chi connectivity index (χ4n) is 5.46. The summed E-state index contributed by atoms with van der Waals surface area (Å²) < 4.78 is 1.23. The van der Waals surface area contributed by atoms with E-state index in [2.05, 4.69) is 16.4 Å². The van der Waals surface area contributed by atoms with Crippen molar-refractivity contribution in [1.82, 2.24) is 4.98 Å². The second-order valence-electron chi connectivity index (χ2n) is 7.03. The maximum atomic E-state index is 6.45. The highest BCUT2D eigenvalue weighted by Gasteiger charge is 2.53. The number of nitrogens with one attached hydrogen (secondary N) is 1. The summed E-state index contributed by atoms with van der Waals surface area (Å²) in [4.78, 5) is 4.52. The maximum Gasteiger partial charge on any atom is 0.106 e. The van der Waals surface area contributed by atoms with Crippen LogP contribution < -0.4 is 5.32 Å². The zero-order valence-corrected chi connectivity index (χ0v) is 13.5. The molecule has 2 bridgehead atoms. The van der Waals surface area contributed by atoms with Gasteiger partial charge in [0.1, 0.15) is 5.52 Å².